The lowest BCUT2D eigenvalue weighted by atomic mass is 9.69. The highest BCUT2D eigenvalue weighted by atomic mass is 19.1. The predicted molar refractivity (Wildman–Crippen MR) is 136 cm³/mol. The number of nitriles is 1. The van der Waals surface area contributed by atoms with Crippen molar-refractivity contribution in [2.45, 2.75) is 95.4 Å². The van der Waals surface area contributed by atoms with E-state index in [4.69, 9.17) is 5.26 Å². The lowest BCUT2D eigenvalue weighted by Gasteiger charge is -2.40. The Bertz CT molecular complexity index is 904. The van der Waals surface area contributed by atoms with Crippen molar-refractivity contribution >= 4 is 0 Å². The van der Waals surface area contributed by atoms with Crippen LogP contribution in [0.1, 0.15) is 87.5 Å². The van der Waals surface area contributed by atoms with Crippen LogP contribution in [0.2, 0.25) is 0 Å². The third kappa shape index (κ3) is 6.05. The largest absolute Gasteiger partial charge is 0.303 e. The van der Waals surface area contributed by atoms with E-state index in [1.54, 1.807) is 6.07 Å². The van der Waals surface area contributed by atoms with Crippen LogP contribution in [0.15, 0.2) is 48.5 Å². The molecule has 0 radical (unpaired) electrons. The summed E-state index contributed by atoms with van der Waals surface area (Å²) in [4.78, 5) is 2.43. The molecular formula is C30H40F2N2. The van der Waals surface area contributed by atoms with Crippen molar-refractivity contribution in [2.75, 3.05) is 13.6 Å². The van der Waals surface area contributed by atoms with E-state index < -0.39 is 11.3 Å². The van der Waals surface area contributed by atoms with Gasteiger partial charge in [0.05, 0.1) is 6.07 Å². The number of alkyl halides is 2. The first-order valence-corrected chi connectivity index (χ1v) is 12.9. The maximum absolute atomic E-state index is 15.5. The molecule has 2 saturated carbocycles. The van der Waals surface area contributed by atoms with Gasteiger partial charge in [-0.1, -0.05) is 55.5 Å². The summed E-state index contributed by atoms with van der Waals surface area (Å²) >= 11 is 0. The SMILES string of the molecule is CC#N.CCC(CCc1c(C2(F)CCC2)cccc1C1(F)CCC1)N(C)CCc1ccccc1. The number of hydrogen-bond acceptors (Lipinski definition) is 2. The van der Waals surface area contributed by atoms with Gasteiger partial charge in [-0.3, -0.25) is 0 Å². The number of nitrogens with zero attached hydrogens (tertiary/aromatic N) is 2. The zero-order chi connectivity index (χ0) is 24.6. The highest BCUT2D eigenvalue weighted by Crippen LogP contribution is 2.51. The molecule has 0 amide bonds. The van der Waals surface area contributed by atoms with Gasteiger partial charge in [0.15, 0.2) is 0 Å². The Morgan fingerprint density at radius 3 is 1.88 bits per heavy atom. The van der Waals surface area contributed by atoms with Gasteiger partial charge in [0, 0.05) is 19.5 Å². The predicted octanol–water partition coefficient (Wildman–Crippen LogP) is 7.80. The van der Waals surface area contributed by atoms with Crippen LogP contribution in [-0.2, 0) is 24.2 Å². The summed E-state index contributed by atoms with van der Waals surface area (Å²) in [5, 5.41) is 7.32. The number of hydrogen-bond donors (Lipinski definition) is 0. The van der Waals surface area contributed by atoms with Gasteiger partial charge in [-0.15, -0.1) is 0 Å². The van der Waals surface area contributed by atoms with E-state index in [9.17, 15) is 0 Å². The molecule has 2 nitrogen and oxygen atoms in total. The van der Waals surface area contributed by atoms with Crippen LogP contribution in [0.3, 0.4) is 0 Å². The highest BCUT2D eigenvalue weighted by molar-refractivity contribution is 5.44. The molecule has 0 saturated heterocycles. The van der Waals surface area contributed by atoms with E-state index in [-0.39, 0.29) is 0 Å². The van der Waals surface area contributed by atoms with E-state index in [0.717, 1.165) is 61.8 Å². The fraction of sp³-hybridized carbons (Fsp3) is 0.567. The third-order valence-electron chi connectivity index (χ3n) is 7.85. The highest BCUT2D eigenvalue weighted by Gasteiger charge is 2.45. The molecule has 184 valence electrons. The molecule has 0 spiro atoms. The lowest BCUT2D eigenvalue weighted by Crippen LogP contribution is -2.36. The van der Waals surface area contributed by atoms with Gasteiger partial charge >= 0.3 is 0 Å². The Hall–Kier alpha value is -2.25. The summed E-state index contributed by atoms with van der Waals surface area (Å²) < 4.78 is 31.1. The molecule has 4 heteroatoms. The van der Waals surface area contributed by atoms with Crippen LogP contribution in [0.25, 0.3) is 0 Å². The minimum atomic E-state index is -1.24. The van der Waals surface area contributed by atoms with Crippen molar-refractivity contribution in [3.8, 4) is 6.07 Å². The number of halogens is 2. The fourth-order valence-electron chi connectivity index (χ4n) is 5.39. The molecule has 0 bridgehead atoms. The monoisotopic (exact) mass is 466 g/mol. The second-order valence-electron chi connectivity index (χ2n) is 10.0. The molecule has 34 heavy (non-hydrogen) atoms. The van der Waals surface area contributed by atoms with Crippen molar-refractivity contribution in [3.63, 3.8) is 0 Å². The minimum absolute atomic E-state index is 0.415. The molecule has 2 aliphatic carbocycles. The standard InChI is InChI=1S/C28H37F2N.C2H3N/c1-3-23(31(2)21-16-22-10-5-4-6-11-22)14-15-24-25(27(29)17-8-18-27)12-7-13-26(24)28(30)19-9-20-28;1-2-3/h4-7,10-13,23H,3,8-9,14-21H2,1-2H3;1H3. The van der Waals surface area contributed by atoms with Crippen molar-refractivity contribution in [2.24, 2.45) is 0 Å². The van der Waals surface area contributed by atoms with Crippen LogP contribution < -0.4 is 0 Å². The molecule has 2 aromatic rings. The first kappa shape index (κ1) is 26.4. The molecule has 2 fully saturated rings. The van der Waals surface area contributed by atoms with Crippen LogP contribution >= 0.6 is 0 Å². The minimum Gasteiger partial charge on any atom is -0.303 e. The normalized spacial score (nSPS) is 18.6. The summed E-state index contributed by atoms with van der Waals surface area (Å²) in [6.45, 7) is 4.65. The van der Waals surface area contributed by atoms with Gasteiger partial charge in [-0.05, 0) is 93.5 Å². The first-order chi connectivity index (χ1) is 16.4. The number of benzene rings is 2. The maximum atomic E-state index is 15.5. The molecule has 2 aliphatic rings. The Morgan fingerprint density at radius 2 is 1.44 bits per heavy atom. The van der Waals surface area contributed by atoms with E-state index in [0.29, 0.717) is 31.7 Å². The number of rotatable bonds is 10. The van der Waals surface area contributed by atoms with E-state index >= 15 is 8.78 Å². The van der Waals surface area contributed by atoms with Gasteiger partial charge in [0.1, 0.15) is 11.3 Å². The quantitative estimate of drug-likeness (QED) is 0.357. The zero-order valence-corrected chi connectivity index (χ0v) is 21.1. The summed E-state index contributed by atoms with van der Waals surface area (Å²) in [5.41, 5.74) is 1.40. The first-order valence-electron chi connectivity index (χ1n) is 12.9. The molecule has 1 atom stereocenters. The Labute approximate surface area is 205 Å². The van der Waals surface area contributed by atoms with Crippen LogP contribution in [0.5, 0.6) is 0 Å². The van der Waals surface area contributed by atoms with Crippen molar-refractivity contribution in [1.82, 2.24) is 4.90 Å². The smallest absolute Gasteiger partial charge is 0.136 e. The van der Waals surface area contributed by atoms with E-state index in [1.807, 2.05) is 18.2 Å². The lowest BCUT2D eigenvalue weighted by molar-refractivity contribution is 0.0512. The molecule has 0 N–H and O–H groups in total. The van der Waals surface area contributed by atoms with Gasteiger partial charge in [0.25, 0.3) is 0 Å². The van der Waals surface area contributed by atoms with Crippen molar-refractivity contribution in [1.29, 1.82) is 5.26 Å². The Morgan fingerprint density at radius 1 is 0.912 bits per heavy atom. The molecule has 1 unspecified atom stereocenters. The summed E-state index contributed by atoms with van der Waals surface area (Å²) in [6, 6.07) is 18.5. The third-order valence-corrected chi connectivity index (χ3v) is 7.85. The average molecular weight is 467 g/mol. The maximum Gasteiger partial charge on any atom is 0.136 e. The second-order valence-corrected chi connectivity index (χ2v) is 10.0. The topological polar surface area (TPSA) is 27.0 Å². The molecule has 0 aliphatic heterocycles. The van der Waals surface area contributed by atoms with Gasteiger partial charge in [0.2, 0.25) is 0 Å². The average Bonchev–Trinajstić information content (AvgIpc) is 2.81. The fourth-order valence-corrected chi connectivity index (χ4v) is 5.39. The molecular weight excluding hydrogens is 426 g/mol. The molecule has 4 rings (SSSR count). The molecule has 2 aromatic carbocycles. The van der Waals surface area contributed by atoms with Crippen molar-refractivity contribution < 1.29 is 8.78 Å². The molecule has 0 aromatic heterocycles. The second kappa shape index (κ2) is 11.9. The zero-order valence-electron chi connectivity index (χ0n) is 21.1. The summed E-state index contributed by atoms with van der Waals surface area (Å²) in [5.74, 6) is 0. The Balaban J connectivity index is 0.00000103. The number of likely N-dealkylation sites (N-methyl/N-ethyl adjacent to an activating group) is 1. The summed E-state index contributed by atoms with van der Waals surface area (Å²) in [6.07, 6.45) is 7.96. The Kier molecular flexibility index (Phi) is 9.25. The van der Waals surface area contributed by atoms with Crippen LogP contribution in [-0.4, -0.2) is 24.5 Å². The van der Waals surface area contributed by atoms with Crippen molar-refractivity contribution in [3.05, 3.63) is 70.8 Å². The van der Waals surface area contributed by atoms with Gasteiger partial charge in [-0.25, -0.2) is 8.78 Å². The summed E-state index contributed by atoms with van der Waals surface area (Å²) in [7, 11) is 2.19. The van der Waals surface area contributed by atoms with E-state index in [1.165, 1.54) is 12.5 Å². The van der Waals surface area contributed by atoms with Crippen LogP contribution in [0, 0.1) is 11.3 Å². The van der Waals surface area contributed by atoms with Gasteiger partial charge < -0.3 is 4.90 Å². The van der Waals surface area contributed by atoms with E-state index in [2.05, 4.69) is 49.2 Å². The molecule has 0 heterocycles. The van der Waals surface area contributed by atoms with Gasteiger partial charge in [-0.2, -0.15) is 5.26 Å². The van der Waals surface area contributed by atoms with Crippen LogP contribution in [0.4, 0.5) is 8.78 Å².